The zero-order valence-corrected chi connectivity index (χ0v) is 11.6. The molecule has 8 nitrogen and oxygen atoms in total. The average Bonchev–Trinajstić information content (AvgIpc) is 2.87. The van der Waals surface area contributed by atoms with Crippen LogP contribution in [0, 0.1) is 15.9 Å². The van der Waals surface area contributed by atoms with E-state index in [1.165, 1.54) is 0 Å². The fourth-order valence-corrected chi connectivity index (χ4v) is 2.18. The van der Waals surface area contributed by atoms with E-state index in [0.717, 1.165) is 29.5 Å². The van der Waals surface area contributed by atoms with E-state index in [1.54, 1.807) is 0 Å². The van der Waals surface area contributed by atoms with Crippen LogP contribution in [0.25, 0.3) is 0 Å². The topological polar surface area (TPSA) is 110 Å². The fraction of sp³-hybridized carbons (Fsp3) is 0.182. The summed E-state index contributed by atoms with van der Waals surface area (Å²) in [4.78, 5) is 21.8. The molecule has 0 aliphatic carbocycles. The molecule has 0 radical (unpaired) electrons. The molecule has 1 heterocycles. The van der Waals surface area contributed by atoms with E-state index in [0.29, 0.717) is 11.7 Å². The SMILES string of the molecule is CCNc1nnc(C(=O)Nc2cc(F)cc([N+](=O)[O-])c2)s1. The number of halogens is 1. The number of non-ortho nitro benzene ring substituents is 1. The van der Waals surface area contributed by atoms with Crippen LogP contribution in [-0.4, -0.2) is 27.6 Å². The molecule has 2 rings (SSSR count). The largest absolute Gasteiger partial charge is 0.360 e. The summed E-state index contributed by atoms with van der Waals surface area (Å²) in [5.74, 6) is -1.43. The van der Waals surface area contributed by atoms with Crippen molar-refractivity contribution in [2.24, 2.45) is 0 Å². The Labute approximate surface area is 122 Å². The van der Waals surface area contributed by atoms with Gasteiger partial charge in [0.15, 0.2) is 0 Å². The second-order valence-electron chi connectivity index (χ2n) is 3.85. The van der Waals surface area contributed by atoms with Gasteiger partial charge >= 0.3 is 0 Å². The van der Waals surface area contributed by atoms with Gasteiger partial charge in [0.05, 0.1) is 16.7 Å². The summed E-state index contributed by atoms with van der Waals surface area (Å²) in [5.41, 5.74) is -0.470. The van der Waals surface area contributed by atoms with Gasteiger partial charge in [0.2, 0.25) is 10.1 Å². The number of nitro benzene ring substituents is 1. The van der Waals surface area contributed by atoms with Gasteiger partial charge in [-0.15, -0.1) is 10.2 Å². The minimum Gasteiger partial charge on any atom is -0.360 e. The summed E-state index contributed by atoms with van der Waals surface area (Å²) in [5, 5.41) is 23.8. The van der Waals surface area contributed by atoms with Crippen molar-refractivity contribution in [1.82, 2.24) is 10.2 Å². The summed E-state index contributed by atoms with van der Waals surface area (Å²) in [6, 6.07) is 2.81. The minimum absolute atomic E-state index is 0.0214. The van der Waals surface area contributed by atoms with Crippen LogP contribution in [0.5, 0.6) is 0 Å². The van der Waals surface area contributed by atoms with Crippen LogP contribution in [0.1, 0.15) is 16.7 Å². The van der Waals surface area contributed by atoms with Gasteiger partial charge in [0, 0.05) is 12.6 Å². The quantitative estimate of drug-likeness (QED) is 0.647. The van der Waals surface area contributed by atoms with E-state index in [4.69, 9.17) is 0 Å². The molecule has 0 atom stereocenters. The lowest BCUT2D eigenvalue weighted by atomic mass is 10.2. The van der Waals surface area contributed by atoms with Crippen LogP contribution in [0.2, 0.25) is 0 Å². The molecule has 21 heavy (non-hydrogen) atoms. The Morgan fingerprint density at radius 1 is 1.43 bits per heavy atom. The lowest BCUT2D eigenvalue weighted by molar-refractivity contribution is -0.385. The predicted molar refractivity (Wildman–Crippen MR) is 75.1 cm³/mol. The Morgan fingerprint density at radius 3 is 2.86 bits per heavy atom. The van der Waals surface area contributed by atoms with Crippen molar-refractivity contribution in [3.8, 4) is 0 Å². The van der Waals surface area contributed by atoms with Crippen LogP contribution < -0.4 is 10.6 Å². The number of benzene rings is 1. The van der Waals surface area contributed by atoms with Crippen LogP contribution in [0.3, 0.4) is 0 Å². The van der Waals surface area contributed by atoms with Gasteiger partial charge in [0.25, 0.3) is 11.6 Å². The third-order valence-electron chi connectivity index (χ3n) is 2.30. The first-order valence-corrected chi connectivity index (χ1v) is 6.65. The van der Waals surface area contributed by atoms with Gasteiger partial charge in [-0.1, -0.05) is 11.3 Å². The fourth-order valence-electron chi connectivity index (χ4n) is 1.47. The molecule has 0 fully saturated rings. The van der Waals surface area contributed by atoms with Gasteiger partial charge in [-0.05, 0) is 13.0 Å². The number of nitrogens with zero attached hydrogens (tertiary/aromatic N) is 3. The third-order valence-corrected chi connectivity index (χ3v) is 3.18. The number of aromatic nitrogens is 2. The zero-order valence-electron chi connectivity index (χ0n) is 10.8. The van der Waals surface area contributed by atoms with Crippen molar-refractivity contribution in [2.75, 3.05) is 17.2 Å². The summed E-state index contributed by atoms with van der Waals surface area (Å²) in [7, 11) is 0. The minimum atomic E-state index is -0.815. The van der Waals surface area contributed by atoms with Gasteiger partial charge in [0.1, 0.15) is 5.82 Å². The molecule has 0 saturated carbocycles. The highest BCUT2D eigenvalue weighted by molar-refractivity contribution is 7.17. The Morgan fingerprint density at radius 2 is 2.19 bits per heavy atom. The maximum atomic E-state index is 13.3. The van der Waals surface area contributed by atoms with Gasteiger partial charge < -0.3 is 10.6 Å². The molecule has 110 valence electrons. The van der Waals surface area contributed by atoms with Gasteiger partial charge in [-0.2, -0.15) is 0 Å². The van der Waals surface area contributed by atoms with Gasteiger partial charge in [-0.25, -0.2) is 4.39 Å². The predicted octanol–water partition coefficient (Wildman–Crippen LogP) is 2.27. The lowest BCUT2D eigenvalue weighted by Gasteiger charge is -2.02. The normalized spacial score (nSPS) is 10.2. The molecular weight excluding hydrogens is 301 g/mol. The molecular formula is C11H10FN5O3S. The first-order chi connectivity index (χ1) is 9.99. The zero-order chi connectivity index (χ0) is 15.4. The molecule has 1 aromatic carbocycles. The monoisotopic (exact) mass is 311 g/mol. The lowest BCUT2D eigenvalue weighted by Crippen LogP contribution is -2.12. The molecule has 2 N–H and O–H groups in total. The molecule has 0 aliphatic heterocycles. The number of anilines is 2. The van der Waals surface area contributed by atoms with Crippen LogP contribution in [0.4, 0.5) is 20.9 Å². The van der Waals surface area contributed by atoms with E-state index in [2.05, 4.69) is 20.8 Å². The van der Waals surface area contributed by atoms with E-state index >= 15 is 0 Å². The molecule has 0 bridgehead atoms. The van der Waals surface area contributed by atoms with E-state index < -0.39 is 22.3 Å². The Hall–Kier alpha value is -2.62. The van der Waals surface area contributed by atoms with Gasteiger partial charge in [-0.3, -0.25) is 14.9 Å². The standard InChI is InChI=1S/C11H10FN5O3S/c1-2-13-11-16-15-10(21-11)9(18)14-7-3-6(12)4-8(5-7)17(19)20/h3-5H,2H2,1H3,(H,13,16)(H,14,18). The Bertz CT molecular complexity index is 690. The average molecular weight is 311 g/mol. The van der Waals surface area contributed by atoms with Crippen LogP contribution >= 0.6 is 11.3 Å². The molecule has 10 heteroatoms. The summed E-state index contributed by atoms with van der Waals surface area (Å²) in [6.07, 6.45) is 0. The highest BCUT2D eigenvalue weighted by atomic mass is 32.1. The first-order valence-electron chi connectivity index (χ1n) is 5.83. The van der Waals surface area contributed by atoms with Crippen molar-refractivity contribution in [2.45, 2.75) is 6.92 Å². The third kappa shape index (κ3) is 3.69. The van der Waals surface area contributed by atoms with Crippen LogP contribution in [-0.2, 0) is 0 Å². The van der Waals surface area contributed by atoms with E-state index in [9.17, 15) is 19.3 Å². The van der Waals surface area contributed by atoms with Crippen LogP contribution in [0.15, 0.2) is 18.2 Å². The molecule has 0 spiro atoms. The molecule has 1 amide bonds. The number of carbonyl (C=O) groups is 1. The Balaban J connectivity index is 2.16. The van der Waals surface area contributed by atoms with Crippen molar-refractivity contribution in [3.05, 3.63) is 39.1 Å². The van der Waals surface area contributed by atoms with Crippen molar-refractivity contribution in [3.63, 3.8) is 0 Å². The smallest absolute Gasteiger partial charge is 0.286 e. The number of amides is 1. The number of hydrogen-bond donors (Lipinski definition) is 2. The highest BCUT2D eigenvalue weighted by Gasteiger charge is 2.15. The maximum Gasteiger partial charge on any atom is 0.286 e. The summed E-state index contributed by atoms with van der Waals surface area (Å²) >= 11 is 1.03. The number of carbonyl (C=O) groups excluding carboxylic acids is 1. The molecule has 2 aromatic rings. The van der Waals surface area contributed by atoms with E-state index in [-0.39, 0.29) is 10.7 Å². The van der Waals surface area contributed by atoms with Crippen molar-refractivity contribution >= 4 is 33.8 Å². The molecule has 0 unspecified atom stereocenters. The highest BCUT2D eigenvalue weighted by Crippen LogP contribution is 2.21. The first kappa shape index (κ1) is 14.8. The summed E-state index contributed by atoms with van der Waals surface area (Å²) < 4.78 is 13.3. The van der Waals surface area contributed by atoms with Crippen molar-refractivity contribution < 1.29 is 14.1 Å². The molecule has 0 saturated heterocycles. The number of rotatable bonds is 5. The number of nitro groups is 1. The number of hydrogen-bond acceptors (Lipinski definition) is 7. The van der Waals surface area contributed by atoms with Crippen molar-refractivity contribution in [1.29, 1.82) is 0 Å². The second-order valence-corrected chi connectivity index (χ2v) is 4.83. The Kier molecular flexibility index (Phi) is 4.38. The number of nitrogens with one attached hydrogen (secondary N) is 2. The van der Waals surface area contributed by atoms with E-state index in [1.807, 2.05) is 6.92 Å². The summed E-state index contributed by atoms with van der Waals surface area (Å²) in [6.45, 7) is 2.50. The maximum absolute atomic E-state index is 13.3. The second kappa shape index (κ2) is 6.22. The molecule has 0 aliphatic rings. The molecule has 1 aromatic heterocycles.